The van der Waals surface area contributed by atoms with Gasteiger partial charge in [0.25, 0.3) is 0 Å². The van der Waals surface area contributed by atoms with Crippen LogP contribution in [0, 0.1) is 0 Å². The Hall–Kier alpha value is -1.06. The van der Waals surface area contributed by atoms with Crippen molar-refractivity contribution < 1.29 is 4.79 Å². The van der Waals surface area contributed by atoms with Crippen LogP contribution >= 0.6 is 12.4 Å². The predicted molar refractivity (Wildman–Crippen MR) is 80.2 cm³/mol. The third-order valence-corrected chi connectivity index (χ3v) is 3.41. The van der Waals surface area contributed by atoms with Gasteiger partial charge in [-0.15, -0.1) is 12.4 Å². The van der Waals surface area contributed by atoms with Gasteiger partial charge in [0.05, 0.1) is 0 Å². The number of carbonyl (C=O) groups is 1. The second-order valence-corrected chi connectivity index (χ2v) is 5.35. The first kappa shape index (κ1) is 16.0. The number of amides is 1. The van der Waals surface area contributed by atoms with Gasteiger partial charge in [-0.3, -0.25) is 4.79 Å². The van der Waals surface area contributed by atoms with Crippen LogP contribution in [0.2, 0.25) is 0 Å². The van der Waals surface area contributed by atoms with Crippen molar-refractivity contribution in [2.75, 3.05) is 0 Å². The lowest BCUT2D eigenvalue weighted by Gasteiger charge is -2.28. The monoisotopic (exact) mass is 282 g/mol. The molecule has 4 heteroatoms. The van der Waals surface area contributed by atoms with E-state index in [1.807, 2.05) is 35.2 Å². The highest BCUT2D eigenvalue weighted by atomic mass is 35.5. The molecular formula is C15H23ClN2O. The molecule has 0 saturated heterocycles. The van der Waals surface area contributed by atoms with E-state index in [0.717, 1.165) is 18.4 Å². The maximum Gasteiger partial charge on any atom is 0.224 e. The molecule has 1 amide bonds. The number of benzene rings is 1. The minimum atomic E-state index is -0.196. The lowest BCUT2D eigenvalue weighted by Crippen LogP contribution is -2.40. The van der Waals surface area contributed by atoms with E-state index < -0.39 is 0 Å². The normalized spacial score (nSPS) is 15.8. The first-order valence-electron chi connectivity index (χ1n) is 6.71. The van der Waals surface area contributed by atoms with Crippen molar-refractivity contribution >= 4 is 18.3 Å². The Kier molecular flexibility index (Phi) is 5.83. The minimum absolute atomic E-state index is 0. The number of rotatable bonds is 5. The van der Waals surface area contributed by atoms with Crippen molar-refractivity contribution in [2.45, 2.75) is 51.2 Å². The van der Waals surface area contributed by atoms with E-state index in [1.54, 1.807) is 0 Å². The maximum absolute atomic E-state index is 12.3. The second kappa shape index (κ2) is 6.92. The highest BCUT2D eigenvalue weighted by Crippen LogP contribution is 2.30. The molecule has 0 radical (unpaired) electrons. The third kappa shape index (κ3) is 4.22. The Morgan fingerprint density at radius 2 is 1.89 bits per heavy atom. The molecule has 1 aliphatic carbocycles. The fraction of sp³-hybridized carbons (Fsp3) is 0.533. The summed E-state index contributed by atoms with van der Waals surface area (Å²) in [6.07, 6.45) is 2.69. The van der Waals surface area contributed by atoms with Gasteiger partial charge in [0.15, 0.2) is 0 Å². The SMILES string of the molecule is CC(C)N(C(=O)CC(N)c1ccccc1)C1CC1.Cl. The first-order valence-corrected chi connectivity index (χ1v) is 6.71. The number of nitrogens with two attached hydrogens (primary N) is 1. The van der Waals surface area contributed by atoms with Crippen molar-refractivity contribution in [1.82, 2.24) is 4.90 Å². The molecule has 1 saturated carbocycles. The zero-order valence-electron chi connectivity index (χ0n) is 11.6. The summed E-state index contributed by atoms with van der Waals surface area (Å²) < 4.78 is 0. The summed E-state index contributed by atoms with van der Waals surface area (Å²) in [5, 5.41) is 0. The Balaban J connectivity index is 0.00000180. The Morgan fingerprint density at radius 1 is 1.32 bits per heavy atom. The standard InChI is InChI=1S/C15H22N2O.ClH/c1-11(2)17(13-8-9-13)15(18)10-14(16)12-6-4-3-5-7-12;/h3-7,11,13-14H,8-10,16H2,1-2H3;1H. The summed E-state index contributed by atoms with van der Waals surface area (Å²) in [4.78, 5) is 14.3. The third-order valence-electron chi connectivity index (χ3n) is 3.41. The fourth-order valence-corrected chi connectivity index (χ4v) is 2.38. The van der Waals surface area contributed by atoms with E-state index in [-0.39, 0.29) is 30.4 Å². The summed E-state index contributed by atoms with van der Waals surface area (Å²) in [7, 11) is 0. The number of halogens is 1. The van der Waals surface area contributed by atoms with Crippen molar-refractivity contribution in [1.29, 1.82) is 0 Å². The van der Waals surface area contributed by atoms with Gasteiger partial charge in [-0.25, -0.2) is 0 Å². The van der Waals surface area contributed by atoms with E-state index >= 15 is 0 Å². The molecule has 1 aromatic rings. The number of carbonyl (C=O) groups excluding carboxylic acids is 1. The first-order chi connectivity index (χ1) is 8.59. The largest absolute Gasteiger partial charge is 0.337 e. The molecule has 1 fully saturated rings. The van der Waals surface area contributed by atoms with Crippen molar-refractivity contribution in [3.8, 4) is 0 Å². The minimum Gasteiger partial charge on any atom is -0.337 e. The molecule has 1 atom stereocenters. The molecule has 2 N–H and O–H groups in total. The van der Waals surface area contributed by atoms with Crippen LogP contribution in [0.1, 0.15) is 44.7 Å². The summed E-state index contributed by atoms with van der Waals surface area (Å²) in [6, 6.07) is 10.4. The molecule has 0 aliphatic heterocycles. The summed E-state index contributed by atoms with van der Waals surface area (Å²) >= 11 is 0. The molecule has 2 rings (SSSR count). The zero-order valence-corrected chi connectivity index (χ0v) is 12.4. The van der Waals surface area contributed by atoms with Gasteiger partial charge in [-0.05, 0) is 32.3 Å². The van der Waals surface area contributed by atoms with Crippen molar-refractivity contribution in [3.05, 3.63) is 35.9 Å². The van der Waals surface area contributed by atoms with Crippen molar-refractivity contribution in [2.24, 2.45) is 5.73 Å². The molecular weight excluding hydrogens is 260 g/mol. The molecule has 1 aromatic carbocycles. The van der Waals surface area contributed by atoms with Crippen LogP contribution in [-0.2, 0) is 4.79 Å². The van der Waals surface area contributed by atoms with E-state index in [1.165, 1.54) is 0 Å². The quantitative estimate of drug-likeness (QED) is 0.903. The van der Waals surface area contributed by atoms with Crippen LogP contribution < -0.4 is 5.73 Å². The van der Waals surface area contributed by atoms with Crippen LogP contribution in [0.4, 0.5) is 0 Å². The highest BCUT2D eigenvalue weighted by molar-refractivity contribution is 5.85. The number of hydrogen-bond acceptors (Lipinski definition) is 2. The van der Waals surface area contributed by atoms with Gasteiger partial charge in [0.1, 0.15) is 0 Å². The predicted octanol–water partition coefficient (Wildman–Crippen LogP) is 2.90. The van der Waals surface area contributed by atoms with E-state index in [2.05, 4.69) is 13.8 Å². The van der Waals surface area contributed by atoms with Gasteiger partial charge in [-0.1, -0.05) is 30.3 Å². The number of hydrogen-bond donors (Lipinski definition) is 1. The van der Waals surface area contributed by atoms with Gasteiger partial charge in [0, 0.05) is 24.5 Å². The Labute approximate surface area is 121 Å². The Morgan fingerprint density at radius 3 is 2.37 bits per heavy atom. The summed E-state index contributed by atoms with van der Waals surface area (Å²) in [6.45, 7) is 4.15. The van der Waals surface area contributed by atoms with Gasteiger partial charge < -0.3 is 10.6 Å². The number of nitrogens with zero attached hydrogens (tertiary/aromatic N) is 1. The van der Waals surface area contributed by atoms with Crippen LogP contribution in [-0.4, -0.2) is 22.9 Å². The molecule has 19 heavy (non-hydrogen) atoms. The molecule has 0 spiro atoms. The van der Waals surface area contributed by atoms with Crippen LogP contribution in [0.5, 0.6) is 0 Å². The molecule has 1 aliphatic rings. The van der Waals surface area contributed by atoms with Gasteiger partial charge >= 0.3 is 0 Å². The molecule has 106 valence electrons. The maximum atomic E-state index is 12.3. The summed E-state index contributed by atoms with van der Waals surface area (Å²) in [5.74, 6) is 0.184. The molecule has 1 unspecified atom stereocenters. The smallest absolute Gasteiger partial charge is 0.224 e. The van der Waals surface area contributed by atoms with E-state index in [0.29, 0.717) is 12.5 Å². The van der Waals surface area contributed by atoms with Gasteiger partial charge in [0.2, 0.25) is 5.91 Å². The zero-order chi connectivity index (χ0) is 13.1. The van der Waals surface area contributed by atoms with E-state index in [4.69, 9.17) is 5.73 Å². The molecule has 0 bridgehead atoms. The highest BCUT2D eigenvalue weighted by Gasteiger charge is 2.34. The van der Waals surface area contributed by atoms with Crippen LogP contribution in [0.15, 0.2) is 30.3 Å². The van der Waals surface area contributed by atoms with Crippen LogP contribution in [0.3, 0.4) is 0 Å². The molecule has 0 aromatic heterocycles. The molecule has 3 nitrogen and oxygen atoms in total. The fourth-order valence-electron chi connectivity index (χ4n) is 2.38. The van der Waals surface area contributed by atoms with Crippen molar-refractivity contribution in [3.63, 3.8) is 0 Å². The topological polar surface area (TPSA) is 46.3 Å². The van der Waals surface area contributed by atoms with Gasteiger partial charge in [-0.2, -0.15) is 0 Å². The van der Waals surface area contributed by atoms with Crippen LogP contribution in [0.25, 0.3) is 0 Å². The lowest BCUT2D eigenvalue weighted by atomic mass is 10.0. The average Bonchev–Trinajstić information content (AvgIpc) is 3.14. The molecule has 0 heterocycles. The average molecular weight is 283 g/mol. The second-order valence-electron chi connectivity index (χ2n) is 5.35. The summed E-state index contributed by atoms with van der Waals surface area (Å²) in [5.41, 5.74) is 7.14. The Bertz CT molecular complexity index is 402. The lowest BCUT2D eigenvalue weighted by molar-refractivity contribution is -0.133. The van der Waals surface area contributed by atoms with E-state index in [9.17, 15) is 4.79 Å².